The quantitative estimate of drug-likeness (QED) is 0.559. The molecule has 0 unspecified atom stereocenters. The fraction of sp³-hybridized carbons (Fsp3) is 0.176. The Morgan fingerprint density at radius 3 is 1.35 bits per heavy atom. The minimum atomic E-state index is -0.935. The van der Waals surface area contributed by atoms with Gasteiger partial charge in [0.05, 0.1) is 11.1 Å². The largest absolute Gasteiger partial charge is 0.478 e. The number of hydrogen-bond donors (Lipinski definition) is 4. The van der Waals surface area contributed by atoms with Gasteiger partial charge in [-0.3, -0.25) is 0 Å². The third kappa shape index (κ3) is 5.03. The zero-order valence-corrected chi connectivity index (χ0v) is 12.5. The van der Waals surface area contributed by atoms with Crippen molar-refractivity contribution in [3.05, 3.63) is 59.7 Å². The summed E-state index contributed by atoms with van der Waals surface area (Å²) in [4.78, 5) is 21.5. The Morgan fingerprint density at radius 2 is 1.04 bits per heavy atom. The highest BCUT2D eigenvalue weighted by Crippen LogP contribution is 2.11. The minimum absolute atomic E-state index is 0.266. The van der Waals surface area contributed by atoms with E-state index in [1.807, 2.05) is 0 Å². The number of carboxylic acids is 2. The van der Waals surface area contributed by atoms with E-state index in [9.17, 15) is 9.59 Å². The lowest BCUT2D eigenvalue weighted by Crippen LogP contribution is -2.09. The van der Waals surface area contributed by atoms with Crippen LogP contribution in [0.4, 0.5) is 11.4 Å². The molecule has 0 fully saturated rings. The molecule has 0 bridgehead atoms. The van der Waals surface area contributed by atoms with Crippen molar-refractivity contribution < 1.29 is 19.8 Å². The minimum Gasteiger partial charge on any atom is -0.478 e. The van der Waals surface area contributed by atoms with E-state index >= 15 is 0 Å². The maximum absolute atomic E-state index is 10.7. The molecular weight excluding hydrogens is 296 g/mol. The molecule has 0 heterocycles. The van der Waals surface area contributed by atoms with Crippen molar-refractivity contribution in [2.75, 3.05) is 23.7 Å². The van der Waals surface area contributed by atoms with Crippen LogP contribution in [0.5, 0.6) is 0 Å². The standard InChI is InChI=1S/C17H18N2O4/c20-16(21)12-2-6-14(7-3-12)18-10-1-11-19-15-8-4-13(5-9-15)17(22)23/h2-9,18-19H,1,10-11H2,(H,20,21)(H,22,23). The summed E-state index contributed by atoms with van der Waals surface area (Å²) in [6.45, 7) is 1.49. The summed E-state index contributed by atoms with van der Waals surface area (Å²) in [5, 5.41) is 24.1. The highest BCUT2D eigenvalue weighted by Gasteiger charge is 2.02. The number of nitrogens with one attached hydrogen (secondary N) is 2. The number of hydrogen-bond acceptors (Lipinski definition) is 4. The number of anilines is 2. The van der Waals surface area contributed by atoms with Crippen LogP contribution in [0.25, 0.3) is 0 Å². The topological polar surface area (TPSA) is 98.7 Å². The van der Waals surface area contributed by atoms with Gasteiger partial charge in [-0.05, 0) is 55.0 Å². The second kappa shape index (κ2) is 7.84. The summed E-state index contributed by atoms with van der Waals surface area (Å²) >= 11 is 0. The molecule has 0 amide bonds. The Morgan fingerprint density at radius 1 is 0.696 bits per heavy atom. The second-order valence-electron chi connectivity index (χ2n) is 4.97. The number of carboxylic acid groups (broad SMARTS) is 2. The molecule has 0 radical (unpaired) electrons. The molecular formula is C17H18N2O4. The summed E-state index contributed by atoms with van der Waals surface area (Å²) < 4.78 is 0. The van der Waals surface area contributed by atoms with Gasteiger partial charge in [0.25, 0.3) is 0 Å². The van der Waals surface area contributed by atoms with Crippen molar-refractivity contribution in [3.8, 4) is 0 Å². The normalized spacial score (nSPS) is 10.1. The highest BCUT2D eigenvalue weighted by molar-refractivity contribution is 5.88. The van der Waals surface area contributed by atoms with E-state index in [2.05, 4.69) is 10.6 Å². The highest BCUT2D eigenvalue weighted by atomic mass is 16.4. The number of carbonyl (C=O) groups is 2. The number of rotatable bonds is 8. The van der Waals surface area contributed by atoms with Crippen LogP contribution in [0.3, 0.4) is 0 Å². The summed E-state index contributed by atoms with van der Waals surface area (Å²) in [6, 6.07) is 13.2. The molecule has 0 saturated carbocycles. The molecule has 2 aromatic carbocycles. The molecule has 0 aromatic heterocycles. The van der Waals surface area contributed by atoms with Gasteiger partial charge in [0.15, 0.2) is 0 Å². The van der Waals surface area contributed by atoms with Gasteiger partial charge in [0.1, 0.15) is 0 Å². The van der Waals surface area contributed by atoms with Gasteiger partial charge in [-0.2, -0.15) is 0 Å². The summed E-state index contributed by atoms with van der Waals surface area (Å²) in [5.41, 5.74) is 2.28. The summed E-state index contributed by atoms with van der Waals surface area (Å²) in [6.07, 6.45) is 0.862. The van der Waals surface area contributed by atoms with E-state index in [0.717, 1.165) is 30.9 Å². The molecule has 0 aliphatic carbocycles. The molecule has 0 aliphatic rings. The van der Waals surface area contributed by atoms with Crippen molar-refractivity contribution in [1.82, 2.24) is 0 Å². The SMILES string of the molecule is O=C(O)c1ccc(NCCCNc2ccc(C(=O)O)cc2)cc1. The van der Waals surface area contributed by atoms with Gasteiger partial charge in [-0.1, -0.05) is 0 Å². The van der Waals surface area contributed by atoms with Crippen LogP contribution in [-0.2, 0) is 0 Å². The monoisotopic (exact) mass is 314 g/mol. The van der Waals surface area contributed by atoms with Crippen LogP contribution in [-0.4, -0.2) is 35.2 Å². The molecule has 6 nitrogen and oxygen atoms in total. The van der Waals surface area contributed by atoms with Crippen LogP contribution in [0, 0.1) is 0 Å². The molecule has 0 saturated heterocycles. The molecule has 2 rings (SSSR count). The lowest BCUT2D eigenvalue weighted by Gasteiger charge is -2.09. The van der Waals surface area contributed by atoms with Crippen molar-refractivity contribution in [1.29, 1.82) is 0 Å². The third-order valence-corrected chi connectivity index (χ3v) is 3.28. The predicted octanol–water partition coefficient (Wildman–Crippen LogP) is 3.00. The van der Waals surface area contributed by atoms with Gasteiger partial charge >= 0.3 is 11.9 Å². The van der Waals surface area contributed by atoms with Gasteiger partial charge < -0.3 is 20.8 Å². The molecule has 120 valence electrons. The summed E-state index contributed by atoms with van der Waals surface area (Å²) in [7, 11) is 0. The predicted molar refractivity (Wildman–Crippen MR) is 88.4 cm³/mol. The van der Waals surface area contributed by atoms with Gasteiger partial charge in [0.2, 0.25) is 0 Å². The fourth-order valence-corrected chi connectivity index (χ4v) is 2.02. The molecule has 0 aliphatic heterocycles. The molecule has 23 heavy (non-hydrogen) atoms. The zero-order valence-electron chi connectivity index (χ0n) is 12.5. The van der Waals surface area contributed by atoms with Crippen molar-refractivity contribution in [2.24, 2.45) is 0 Å². The fourth-order valence-electron chi connectivity index (χ4n) is 2.02. The van der Waals surface area contributed by atoms with Crippen molar-refractivity contribution in [2.45, 2.75) is 6.42 Å². The van der Waals surface area contributed by atoms with Crippen LogP contribution < -0.4 is 10.6 Å². The Bertz CT molecular complexity index is 606. The zero-order chi connectivity index (χ0) is 16.7. The van der Waals surface area contributed by atoms with E-state index in [-0.39, 0.29) is 11.1 Å². The first-order valence-corrected chi connectivity index (χ1v) is 7.21. The van der Waals surface area contributed by atoms with Crippen LogP contribution in [0.1, 0.15) is 27.1 Å². The maximum Gasteiger partial charge on any atom is 0.335 e. The van der Waals surface area contributed by atoms with Crippen LogP contribution >= 0.6 is 0 Å². The Labute approximate surface area is 133 Å². The lowest BCUT2D eigenvalue weighted by molar-refractivity contribution is 0.0686. The van der Waals surface area contributed by atoms with E-state index in [0.29, 0.717) is 0 Å². The lowest BCUT2D eigenvalue weighted by atomic mass is 10.2. The average molecular weight is 314 g/mol. The van der Waals surface area contributed by atoms with E-state index in [1.165, 1.54) is 0 Å². The first-order chi connectivity index (χ1) is 11.1. The van der Waals surface area contributed by atoms with Crippen LogP contribution in [0.2, 0.25) is 0 Å². The van der Waals surface area contributed by atoms with Crippen molar-refractivity contribution >= 4 is 23.3 Å². The molecule has 0 spiro atoms. The first-order valence-electron chi connectivity index (χ1n) is 7.21. The Kier molecular flexibility index (Phi) is 5.57. The van der Waals surface area contributed by atoms with E-state index < -0.39 is 11.9 Å². The van der Waals surface area contributed by atoms with Gasteiger partial charge in [-0.15, -0.1) is 0 Å². The summed E-state index contributed by atoms with van der Waals surface area (Å²) in [5.74, 6) is -1.87. The molecule has 4 N–H and O–H groups in total. The Balaban J connectivity index is 1.69. The molecule has 6 heteroatoms. The first kappa shape index (κ1) is 16.4. The smallest absolute Gasteiger partial charge is 0.335 e. The van der Waals surface area contributed by atoms with Gasteiger partial charge in [0, 0.05) is 24.5 Å². The van der Waals surface area contributed by atoms with E-state index in [4.69, 9.17) is 10.2 Å². The molecule has 2 aromatic rings. The average Bonchev–Trinajstić information content (AvgIpc) is 2.55. The Hall–Kier alpha value is -3.02. The third-order valence-electron chi connectivity index (χ3n) is 3.28. The molecule has 0 atom stereocenters. The van der Waals surface area contributed by atoms with Crippen LogP contribution in [0.15, 0.2) is 48.5 Å². The second-order valence-corrected chi connectivity index (χ2v) is 4.97. The number of aromatic carboxylic acids is 2. The maximum atomic E-state index is 10.7. The van der Waals surface area contributed by atoms with Gasteiger partial charge in [-0.25, -0.2) is 9.59 Å². The van der Waals surface area contributed by atoms with Crippen molar-refractivity contribution in [3.63, 3.8) is 0 Å². The van der Waals surface area contributed by atoms with E-state index in [1.54, 1.807) is 48.5 Å². The number of benzene rings is 2.